The van der Waals surface area contributed by atoms with Crippen molar-refractivity contribution in [3.63, 3.8) is 0 Å². The molecule has 1 aromatic heterocycles. The summed E-state index contributed by atoms with van der Waals surface area (Å²) in [5, 5.41) is 8.36. The molecule has 3 aromatic rings. The van der Waals surface area contributed by atoms with E-state index < -0.39 is 0 Å². The van der Waals surface area contributed by atoms with Crippen molar-refractivity contribution < 1.29 is 4.74 Å². The Morgan fingerprint density at radius 3 is 2.74 bits per heavy atom. The van der Waals surface area contributed by atoms with E-state index in [0.717, 1.165) is 28.4 Å². The molecular weight excluding hydrogens is 286 g/mol. The smallest absolute Gasteiger partial charge is 0.150 e. The molecule has 2 aromatic carbocycles. The molecule has 2 heterocycles. The Kier molecular flexibility index (Phi) is 3.11. The average Bonchev–Trinajstić information content (AvgIpc) is 2.96. The van der Waals surface area contributed by atoms with Crippen LogP contribution in [-0.2, 0) is 0 Å². The minimum atomic E-state index is -0.0801. The fraction of sp³-hybridized carbons (Fsp3) is 0.211. The van der Waals surface area contributed by atoms with Gasteiger partial charge in [-0.2, -0.15) is 5.10 Å². The summed E-state index contributed by atoms with van der Waals surface area (Å²) in [6.07, 6.45) is -0.0801. The van der Waals surface area contributed by atoms with Crippen molar-refractivity contribution in [1.29, 1.82) is 0 Å². The van der Waals surface area contributed by atoms with Crippen LogP contribution in [0.1, 0.15) is 23.0 Å². The monoisotopic (exact) mass is 305 g/mol. The second kappa shape index (κ2) is 5.16. The van der Waals surface area contributed by atoms with Crippen molar-refractivity contribution in [1.82, 2.24) is 9.78 Å². The average molecular weight is 305 g/mol. The zero-order chi connectivity index (χ0) is 16.0. The minimum Gasteiger partial charge on any atom is -0.496 e. The maximum atomic E-state index is 5.56. The van der Waals surface area contributed by atoms with E-state index in [0.29, 0.717) is 0 Å². The first kappa shape index (κ1) is 13.9. The van der Waals surface area contributed by atoms with Crippen molar-refractivity contribution in [2.75, 3.05) is 12.4 Å². The largest absolute Gasteiger partial charge is 0.496 e. The maximum Gasteiger partial charge on any atom is 0.150 e. The Bertz CT molecular complexity index is 882. The molecule has 0 bridgehead atoms. The topological polar surface area (TPSA) is 39.1 Å². The summed E-state index contributed by atoms with van der Waals surface area (Å²) in [7, 11) is 1.70. The molecule has 0 fully saturated rings. The summed E-state index contributed by atoms with van der Waals surface area (Å²) in [6, 6.07) is 16.6. The van der Waals surface area contributed by atoms with Gasteiger partial charge >= 0.3 is 0 Å². The summed E-state index contributed by atoms with van der Waals surface area (Å²) < 4.78 is 7.61. The number of hydrogen-bond acceptors (Lipinski definition) is 3. The molecular formula is C19H19N3O. The Morgan fingerprint density at radius 1 is 1.09 bits per heavy atom. The molecule has 4 nitrogen and oxygen atoms in total. The van der Waals surface area contributed by atoms with Crippen molar-refractivity contribution in [2.24, 2.45) is 0 Å². The summed E-state index contributed by atoms with van der Waals surface area (Å²) in [5.74, 6) is 0.862. The molecule has 23 heavy (non-hydrogen) atoms. The Labute approximate surface area is 135 Å². The molecule has 0 radical (unpaired) electrons. The predicted molar refractivity (Wildman–Crippen MR) is 91.9 cm³/mol. The Morgan fingerprint density at radius 2 is 1.91 bits per heavy atom. The number of aryl methyl sites for hydroxylation is 2. The van der Waals surface area contributed by atoms with E-state index in [4.69, 9.17) is 9.84 Å². The number of rotatable bonds is 2. The van der Waals surface area contributed by atoms with Crippen molar-refractivity contribution in [3.8, 4) is 17.0 Å². The minimum absolute atomic E-state index is 0.0801. The number of methoxy groups -OCH3 is 1. The molecule has 0 saturated carbocycles. The molecule has 0 unspecified atom stereocenters. The number of fused-ring (bicyclic) bond motifs is 3. The summed E-state index contributed by atoms with van der Waals surface area (Å²) >= 11 is 0. The highest BCUT2D eigenvalue weighted by molar-refractivity contribution is 5.81. The molecule has 4 rings (SSSR count). The Hall–Kier alpha value is -2.75. The molecule has 1 aliphatic heterocycles. The van der Waals surface area contributed by atoms with E-state index in [2.05, 4.69) is 47.3 Å². The number of para-hydroxylation sites is 2. The third kappa shape index (κ3) is 2.10. The third-order valence-corrected chi connectivity index (χ3v) is 4.37. The van der Waals surface area contributed by atoms with Gasteiger partial charge in [0.2, 0.25) is 0 Å². The van der Waals surface area contributed by atoms with Gasteiger partial charge in [0.05, 0.1) is 18.5 Å². The maximum absolute atomic E-state index is 5.56. The fourth-order valence-electron chi connectivity index (χ4n) is 3.29. The van der Waals surface area contributed by atoms with Gasteiger partial charge < -0.3 is 10.1 Å². The van der Waals surface area contributed by atoms with Gasteiger partial charge in [-0.15, -0.1) is 0 Å². The second-order valence-electron chi connectivity index (χ2n) is 5.90. The van der Waals surface area contributed by atoms with Gasteiger partial charge in [0.1, 0.15) is 5.75 Å². The van der Waals surface area contributed by atoms with Gasteiger partial charge in [-0.1, -0.05) is 36.4 Å². The van der Waals surface area contributed by atoms with E-state index in [1.54, 1.807) is 7.11 Å². The second-order valence-corrected chi connectivity index (χ2v) is 5.90. The van der Waals surface area contributed by atoms with Crippen LogP contribution in [0.5, 0.6) is 5.75 Å². The van der Waals surface area contributed by atoms with Crippen LogP contribution in [0.3, 0.4) is 0 Å². The van der Waals surface area contributed by atoms with Crippen LogP contribution in [0.25, 0.3) is 11.3 Å². The predicted octanol–water partition coefficient (Wildman–Crippen LogP) is 4.15. The van der Waals surface area contributed by atoms with Crippen molar-refractivity contribution in [2.45, 2.75) is 20.0 Å². The standard InChI is InChI=1S/C19H19N3O/c1-12-7-6-9-14-16-11-13(2)21-22(16)19(20-18(12)14)15-8-4-5-10-17(15)23-3/h4-11,19-20H,1-3H3/t19-/m1/s1. The molecule has 0 saturated heterocycles. The zero-order valence-corrected chi connectivity index (χ0v) is 13.5. The van der Waals surface area contributed by atoms with Gasteiger partial charge in [0.15, 0.2) is 6.17 Å². The molecule has 0 spiro atoms. The first-order valence-electron chi connectivity index (χ1n) is 7.74. The van der Waals surface area contributed by atoms with Crippen LogP contribution < -0.4 is 10.1 Å². The van der Waals surface area contributed by atoms with Gasteiger partial charge in [0, 0.05) is 16.8 Å². The van der Waals surface area contributed by atoms with Crippen LogP contribution in [0.2, 0.25) is 0 Å². The molecule has 0 aliphatic carbocycles. The summed E-state index contributed by atoms with van der Waals surface area (Å²) in [4.78, 5) is 0. The Balaban J connectivity index is 1.95. The number of benzene rings is 2. The van der Waals surface area contributed by atoms with Crippen LogP contribution in [0.4, 0.5) is 5.69 Å². The zero-order valence-electron chi connectivity index (χ0n) is 13.5. The number of aromatic nitrogens is 2. The van der Waals surface area contributed by atoms with E-state index in [-0.39, 0.29) is 6.17 Å². The van der Waals surface area contributed by atoms with Crippen molar-refractivity contribution >= 4 is 5.69 Å². The van der Waals surface area contributed by atoms with Gasteiger partial charge in [0.25, 0.3) is 0 Å². The highest BCUT2D eigenvalue weighted by atomic mass is 16.5. The van der Waals surface area contributed by atoms with Crippen LogP contribution in [-0.4, -0.2) is 16.9 Å². The molecule has 0 amide bonds. The normalized spacial score (nSPS) is 15.5. The molecule has 1 aliphatic rings. The lowest BCUT2D eigenvalue weighted by molar-refractivity contribution is 0.401. The van der Waals surface area contributed by atoms with Crippen molar-refractivity contribution in [3.05, 3.63) is 65.4 Å². The summed E-state index contributed by atoms with van der Waals surface area (Å²) in [5.41, 5.74) is 6.81. The highest BCUT2D eigenvalue weighted by Gasteiger charge is 2.28. The summed E-state index contributed by atoms with van der Waals surface area (Å²) in [6.45, 7) is 4.16. The number of hydrogen-bond donors (Lipinski definition) is 1. The lowest BCUT2D eigenvalue weighted by Crippen LogP contribution is -2.26. The van der Waals surface area contributed by atoms with Crippen LogP contribution >= 0.6 is 0 Å². The molecule has 1 N–H and O–H groups in total. The third-order valence-electron chi connectivity index (χ3n) is 4.37. The number of ether oxygens (including phenoxy) is 1. The lowest BCUT2D eigenvalue weighted by atomic mass is 10.0. The van der Waals surface area contributed by atoms with Gasteiger partial charge in [-0.3, -0.25) is 0 Å². The first-order valence-corrected chi connectivity index (χ1v) is 7.74. The number of nitrogens with zero attached hydrogens (tertiary/aromatic N) is 2. The highest BCUT2D eigenvalue weighted by Crippen LogP contribution is 2.41. The fourth-order valence-corrected chi connectivity index (χ4v) is 3.29. The molecule has 4 heteroatoms. The van der Waals surface area contributed by atoms with E-state index >= 15 is 0 Å². The SMILES string of the molecule is COc1ccccc1[C@@H]1Nc2c(C)cccc2-c2cc(C)nn21. The van der Waals surface area contributed by atoms with E-state index in [1.165, 1.54) is 11.1 Å². The lowest BCUT2D eigenvalue weighted by Gasteiger charge is -2.31. The van der Waals surface area contributed by atoms with Crippen LogP contribution in [0, 0.1) is 13.8 Å². The number of anilines is 1. The van der Waals surface area contributed by atoms with E-state index in [1.807, 2.05) is 25.1 Å². The first-order chi connectivity index (χ1) is 11.2. The molecule has 116 valence electrons. The van der Waals surface area contributed by atoms with Crippen LogP contribution in [0.15, 0.2) is 48.5 Å². The van der Waals surface area contributed by atoms with Gasteiger partial charge in [-0.05, 0) is 31.5 Å². The quantitative estimate of drug-likeness (QED) is 0.773. The van der Waals surface area contributed by atoms with Gasteiger partial charge in [-0.25, -0.2) is 4.68 Å². The van der Waals surface area contributed by atoms with E-state index in [9.17, 15) is 0 Å². The number of nitrogens with one attached hydrogen (secondary N) is 1. The molecule has 1 atom stereocenters.